The summed E-state index contributed by atoms with van der Waals surface area (Å²) >= 11 is 0. The molecule has 0 amide bonds. The third-order valence-corrected chi connectivity index (χ3v) is 4.69. The van der Waals surface area contributed by atoms with Crippen molar-refractivity contribution >= 4 is 10.2 Å². The molecule has 0 aromatic heterocycles. The van der Waals surface area contributed by atoms with Crippen LogP contribution in [0.25, 0.3) is 0 Å². The molecular weight excluding hydrogens is 214 g/mol. The van der Waals surface area contributed by atoms with Gasteiger partial charge in [-0.15, -0.1) is 0 Å². The van der Waals surface area contributed by atoms with Gasteiger partial charge in [0, 0.05) is 27.7 Å². The Kier molecular flexibility index (Phi) is 4.51. The van der Waals surface area contributed by atoms with Crippen molar-refractivity contribution in [1.82, 2.24) is 13.9 Å². The topological polar surface area (TPSA) is 52.7 Å². The van der Waals surface area contributed by atoms with Gasteiger partial charge in [0.05, 0.1) is 0 Å². The molecule has 1 saturated heterocycles. The Morgan fingerprint density at radius 3 is 2.20 bits per heavy atom. The normalized spacial score (nSPS) is 20.1. The van der Waals surface area contributed by atoms with Gasteiger partial charge in [0.15, 0.2) is 0 Å². The summed E-state index contributed by atoms with van der Waals surface area (Å²) in [6.45, 7) is 2.63. The van der Waals surface area contributed by atoms with Crippen LogP contribution in [-0.4, -0.2) is 57.8 Å². The van der Waals surface area contributed by atoms with Crippen LogP contribution in [0, 0.1) is 5.92 Å². The van der Waals surface area contributed by atoms with Crippen LogP contribution in [0.1, 0.15) is 12.8 Å². The highest BCUT2D eigenvalue weighted by molar-refractivity contribution is 7.86. The Morgan fingerprint density at radius 2 is 1.73 bits per heavy atom. The highest BCUT2D eigenvalue weighted by Gasteiger charge is 2.24. The zero-order valence-corrected chi connectivity index (χ0v) is 10.5. The summed E-state index contributed by atoms with van der Waals surface area (Å²) in [5, 5.41) is 3.27. The first kappa shape index (κ1) is 12.9. The van der Waals surface area contributed by atoms with Gasteiger partial charge in [-0.2, -0.15) is 17.0 Å². The van der Waals surface area contributed by atoms with Gasteiger partial charge in [0.25, 0.3) is 10.2 Å². The lowest BCUT2D eigenvalue weighted by Gasteiger charge is -2.28. The fourth-order valence-corrected chi connectivity index (χ4v) is 2.76. The molecule has 1 aliphatic rings. The van der Waals surface area contributed by atoms with Crippen LogP contribution in [0.4, 0.5) is 0 Å². The SMILES string of the molecule is CN(C)S(=O)(=O)N(C)CC1CCNCC1. The van der Waals surface area contributed by atoms with E-state index in [1.807, 2.05) is 0 Å². The minimum absolute atomic E-state index is 0.492. The molecule has 0 atom stereocenters. The minimum atomic E-state index is -3.23. The molecule has 1 rings (SSSR count). The molecule has 1 aliphatic heterocycles. The lowest BCUT2D eigenvalue weighted by atomic mass is 9.98. The van der Waals surface area contributed by atoms with Gasteiger partial charge in [-0.3, -0.25) is 0 Å². The Bertz CT molecular complexity index is 284. The molecule has 0 aromatic carbocycles. The van der Waals surface area contributed by atoms with Crippen molar-refractivity contribution in [3.63, 3.8) is 0 Å². The van der Waals surface area contributed by atoms with Gasteiger partial charge in [0.2, 0.25) is 0 Å². The number of hydrogen-bond acceptors (Lipinski definition) is 3. The summed E-state index contributed by atoms with van der Waals surface area (Å²) in [7, 11) is 1.55. The molecule has 0 radical (unpaired) electrons. The highest BCUT2D eigenvalue weighted by atomic mass is 32.2. The molecule has 90 valence electrons. The zero-order valence-electron chi connectivity index (χ0n) is 9.73. The first-order chi connectivity index (χ1) is 6.94. The van der Waals surface area contributed by atoms with Crippen molar-refractivity contribution in [2.45, 2.75) is 12.8 Å². The van der Waals surface area contributed by atoms with E-state index in [0.717, 1.165) is 25.9 Å². The maximum atomic E-state index is 11.7. The van der Waals surface area contributed by atoms with Gasteiger partial charge >= 0.3 is 0 Å². The van der Waals surface area contributed by atoms with Crippen LogP contribution in [0.5, 0.6) is 0 Å². The van der Waals surface area contributed by atoms with Gasteiger partial charge in [-0.1, -0.05) is 0 Å². The van der Waals surface area contributed by atoms with E-state index in [4.69, 9.17) is 0 Å². The van der Waals surface area contributed by atoms with E-state index in [1.54, 1.807) is 21.1 Å². The van der Waals surface area contributed by atoms with Crippen LogP contribution < -0.4 is 5.32 Å². The van der Waals surface area contributed by atoms with Crippen LogP contribution in [-0.2, 0) is 10.2 Å². The Morgan fingerprint density at radius 1 is 1.20 bits per heavy atom. The maximum absolute atomic E-state index is 11.7. The third-order valence-electron chi connectivity index (χ3n) is 2.83. The predicted octanol–water partition coefficient (Wildman–Crippen LogP) is -0.276. The molecule has 1 fully saturated rings. The fraction of sp³-hybridized carbons (Fsp3) is 1.00. The summed E-state index contributed by atoms with van der Waals surface area (Å²) in [6.07, 6.45) is 2.13. The Balaban J connectivity index is 2.50. The minimum Gasteiger partial charge on any atom is -0.317 e. The molecule has 1 N–H and O–H groups in total. The van der Waals surface area contributed by atoms with E-state index in [9.17, 15) is 8.42 Å². The van der Waals surface area contributed by atoms with Crippen LogP contribution in [0.2, 0.25) is 0 Å². The van der Waals surface area contributed by atoms with Gasteiger partial charge in [0.1, 0.15) is 0 Å². The second-order valence-electron chi connectivity index (χ2n) is 4.26. The number of piperidine rings is 1. The summed E-state index contributed by atoms with van der Waals surface area (Å²) in [4.78, 5) is 0. The third kappa shape index (κ3) is 3.41. The molecular formula is C9H21N3O2S. The van der Waals surface area contributed by atoms with Crippen LogP contribution in [0.3, 0.4) is 0 Å². The number of hydrogen-bond donors (Lipinski definition) is 1. The lowest BCUT2D eigenvalue weighted by Crippen LogP contribution is -2.42. The highest BCUT2D eigenvalue weighted by Crippen LogP contribution is 2.14. The molecule has 0 spiro atoms. The quantitative estimate of drug-likeness (QED) is 0.729. The average molecular weight is 235 g/mol. The second kappa shape index (κ2) is 5.25. The molecule has 6 heteroatoms. The molecule has 5 nitrogen and oxygen atoms in total. The van der Waals surface area contributed by atoms with E-state index in [2.05, 4.69) is 5.32 Å². The maximum Gasteiger partial charge on any atom is 0.281 e. The van der Waals surface area contributed by atoms with Crippen molar-refractivity contribution in [2.75, 3.05) is 40.8 Å². The average Bonchev–Trinajstić information content (AvgIpc) is 2.18. The van der Waals surface area contributed by atoms with E-state index in [1.165, 1.54) is 8.61 Å². The van der Waals surface area contributed by atoms with Crippen molar-refractivity contribution < 1.29 is 8.42 Å². The van der Waals surface area contributed by atoms with Crippen molar-refractivity contribution in [1.29, 1.82) is 0 Å². The van der Waals surface area contributed by atoms with Crippen molar-refractivity contribution in [3.8, 4) is 0 Å². The number of nitrogens with zero attached hydrogens (tertiary/aromatic N) is 2. The summed E-state index contributed by atoms with van der Waals surface area (Å²) < 4.78 is 26.2. The van der Waals surface area contributed by atoms with Gasteiger partial charge in [-0.25, -0.2) is 0 Å². The summed E-state index contributed by atoms with van der Waals surface area (Å²) in [5.74, 6) is 0.492. The molecule has 1 heterocycles. The van der Waals surface area contributed by atoms with E-state index >= 15 is 0 Å². The van der Waals surface area contributed by atoms with Crippen molar-refractivity contribution in [3.05, 3.63) is 0 Å². The Labute approximate surface area is 92.6 Å². The standard InChI is InChI=1S/C9H21N3O2S/c1-11(2)15(13,14)12(3)8-9-4-6-10-7-5-9/h9-10H,4-8H2,1-3H3. The largest absolute Gasteiger partial charge is 0.317 e. The number of rotatable bonds is 4. The second-order valence-corrected chi connectivity index (χ2v) is 6.51. The van der Waals surface area contributed by atoms with Gasteiger partial charge in [-0.05, 0) is 31.8 Å². The predicted molar refractivity (Wildman–Crippen MR) is 60.8 cm³/mol. The smallest absolute Gasteiger partial charge is 0.281 e. The van der Waals surface area contributed by atoms with Crippen molar-refractivity contribution in [2.24, 2.45) is 5.92 Å². The van der Waals surface area contributed by atoms with Crippen LogP contribution >= 0.6 is 0 Å². The first-order valence-electron chi connectivity index (χ1n) is 5.29. The van der Waals surface area contributed by atoms with Crippen LogP contribution in [0.15, 0.2) is 0 Å². The zero-order chi connectivity index (χ0) is 11.5. The monoisotopic (exact) mass is 235 g/mol. The van der Waals surface area contributed by atoms with E-state index < -0.39 is 10.2 Å². The molecule has 0 bridgehead atoms. The molecule has 15 heavy (non-hydrogen) atoms. The molecule has 0 unspecified atom stereocenters. The lowest BCUT2D eigenvalue weighted by molar-refractivity contribution is 0.301. The van der Waals surface area contributed by atoms with E-state index in [0.29, 0.717) is 12.5 Å². The Hall–Kier alpha value is -0.170. The summed E-state index contributed by atoms with van der Waals surface area (Å²) in [6, 6.07) is 0. The fourth-order valence-electron chi connectivity index (χ4n) is 1.80. The molecule has 0 aliphatic carbocycles. The van der Waals surface area contributed by atoms with E-state index in [-0.39, 0.29) is 0 Å². The first-order valence-corrected chi connectivity index (χ1v) is 6.69. The number of nitrogens with one attached hydrogen (secondary N) is 1. The summed E-state index contributed by atoms with van der Waals surface area (Å²) in [5.41, 5.74) is 0. The molecule has 0 saturated carbocycles. The molecule has 0 aromatic rings. The van der Waals surface area contributed by atoms with Gasteiger partial charge < -0.3 is 5.32 Å².